The first-order chi connectivity index (χ1) is 11.0. The molecular weight excluding hydrogens is 329 g/mol. The summed E-state index contributed by atoms with van der Waals surface area (Å²) in [5.74, 6) is 0. The van der Waals surface area contributed by atoms with Crippen molar-refractivity contribution in [2.75, 3.05) is 25.5 Å². The Morgan fingerprint density at radius 2 is 1.87 bits per heavy atom. The number of nitrogens with two attached hydrogens (primary N) is 1. The molecule has 0 fully saturated rings. The molecule has 122 valence electrons. The SMILES string of the molecule is CN(C)c1ccc(CN2Cc3cc(Cl)cc(Cl)c3C2CN)cc1. The van der Waals surface area contributed by atoms with Crippen LogP contribution in [0.25, 0.3) is 0 Å². The average molecular weight is 350 g/mol. The van der Waals surface area contributed by atoms with Crippen LogP contribution in [0.4, 0.5) is 5.69 Å². The number of hydrogen-bond acceptors (Lipinski definition) is 3. The third-order valence-electron chi connectivity index (χ3n) is 4.39. The predicted octanol–water partition coefficient (Wildman–Crippen LogP) is 4.08. The van der Waals surface area contributed by atoms with Gasteiger partial charge >= 0.3 is 0 Å². The van der Waals surface area contributed by atoms with E-state index in [9.17, 15) is 0 Å². The van der Waals surface area contributed by atoms with Crippen molar-refractivity contribution < 1.29 is 0 Å². The minimum Gasteiger partial charge on any atom is -0.378 e. The Kier molecular flexibility index (Phi) is 4.83. The molecule has 23 heavy (non-hydrogen) atoms. The highest BCUT2D eigenvalue weighted by Gasteiger charge is 2.31. The molecule has 0 aliphatic carbocycles. The fraction of sp³-hybridized carbons (Fsp3) is 0.333. The Morgan fingerprint density at radius 3 is 2.48 bits per heavy atom. The molecule has 3 nitrogen and oxygen atoms in total. The fourth-order valence-corrected chi connectivity index (χ4v) is 3.88. The van der Waals surface area contributed by atoms with Crippen LogP contribution >= 0.6 is 23.2 Å². The Labute approximate surface area is 147 Å². The van der Waals surface area contributed by atoms with Crippen LogP contribution in [0, 0.1) is 0 Å². The summed E-state index contributed by atoms with van der Waals surface area (Å²) in [6.07, 6.45) is 0. The number of hydrogen-bond donors (Lipinski definition) is 1. The summed E-state index contributed by atoms with van der Waals surface area (Å²) in [6, 6.07) is 12.6. The molecule has 1 aliphatic rings. The monoisotopic (exact) mass is 349 g/mol. The van der Waals surface area contributed by atoms with Crippen LogP contribution in [0.3, 0.4) is 0 Å². The Morgan fingerprint density at radius 1 is 1.17 bits per heavy atom. The van der Waals surface area contributed by atoms with Crippen molar-refractivity contribution in [1.29, 1.82) is 0 Å². The van der Waals surface area contributed by atoms with E-state index in [4.69, 9.17) is 28.9 Å². The minimum absolute atomic E-state index is 0.142. The maximum Gasteiger partial charge on any atom is 0.0495 e. The molecule has 2 N–H and O–H groups in total. The van der Waals surface area contributed by atoms with Crippen molar-refractivity contribution >= 4 is 28.9 Å². The van der Waals surface area contributed by atoms with Crippen LogP contribution in [0.15, 0.2) is 36.4 Å². The van der Waals surface area contributed by atoms with Gasteiger partial charge in [-0.2, -0.15) is 0 Å². The van der Waals surface area contributed by atoms with Crippen molar-refractivity contribution in [3.8, 4) is 0 Å². The van der Waals surface area contributed by atoms with Crippen molar-refractivity contribution in [3.63, 3.8) is 0 Å². The van der Waals surface area contributed by atoms with Crippen LogP contribution in [0.1, 0.15) is 22.7 Å². The first-order valence-electron chi connectivity index (χ1n) is 7.67. The van der Waals surface area contributed by atoms with Gasteiger partial charge in [-0.3, -0.25) is 4.90 Å². The van der Waals surface area contributed by atoms with E-state index < -0.39 is 0 Å². The van der Waals surface area contributed by atoms with Crippen molar-refractivity contribution in [2.45, 2.75) is 19.1 Å². The normalized spacial score (nSPS) is 17.3. The van der Waals surface area contributed by atoms with E-state index in [1.54, 1.807) is 6.07 Å². The molecule has 3 rings (SSSR count). The number of fused-ring (bicyclic) bond motifs is 1. The second kappa shape index (κ2) is 6.70. The first kappa shape index (κ1) is 16.6. The molecule has 0 radical (unpaired) electrons. The van der Waals surface area contributed by atoms with Gasteiger partial charge in [0.1, 0.15) is 0 Å². The van der Waals surface area contributed by atoms with Crippen molar-refractivity contribution in [3.05, 3.63) is 63.1 Å². The van der Waals surface area contributed by atoms with Crippen LogP contribution in [-0.4, -0.2) is 25.5 Å². The molecule has 2 aromatic rings. The van der Waals surface area contributed by atoms with Gasteiger partial charge in [0.05, 0.1) is 0 Å². The van der Waals surface area contributed by atoms with E-state index in [0.29, 0.717) is 16.6 Å². The number of halogens is 2. The third-order valence-corrected chi connectivity index (χ3v) is 4.92. The molecule has 1 heterocycles. The van der Waals surface area contributed by atoms with Gasteiger partial charge in [-0.1, -0.05) is 35.3 Å². The van der Waals surface area contributed by atoms with Crippen molar-refractivity contribution in [2.24, 2.45) is 5.73 Å². The third kappa shape index (κ3) is 3.33. The van der Waals surface area contributed by atoms with E-state index in [-0.39, 0.29) is 6.04 Å². The van der Waals surface area contributed by atoms with Gasteiger partial charge in [0, 0.05) is 55.5 Å². The molecule has 0 spiro atoms. The topological polar surface area (TPSA) is 32.5 Å². The molecule has 0 saturated carbocycles. The molecule has 1 atom stereocenters. The van der Waals surface area contributed by atoms with Gasteiger partial charge in [0.25, 0.3) is 0 Å². The molecule has 5 heteroatoms. The summed E-state index contributed by atoms with van der Waals surface area (Å²) in [5.41, 5.74) is 10.8. The molecular formula is C18H21Cl2N3. The minimum atomic E-state index is 0.142. The van der Waals surface area contributed by atoms with E-state index in [1.165, 1.54) is 16.8 Å². The van der Waals surface area contributed by atoms with Gasteiger partial charge in [0.2, 0.25) is 0 Å². The molecule has 0 amide bonds. The van der Waals surface area contributed by atoms with Crippen LogP contribution < -0.4 is 10.6 Å². The molecule has 0 saturated heterocycles. The molecule has 1 aliphatic heterocycles. The average Bonchev–Trinajstić information content (AvgIpc) is 2.85. The van der Waals surface area contributed by atoms with Crippen LogP contribution in [0.2, 0.25) is 10.0 Å². The predicted molar refractivity (Wildman–Crippen MR) is 98.3 cm³/mol. The summed E-state index contributed by atoms with van der Waals surface area (Å²) < 4.78 is 0. The standard InChI is InChI=1S/C18H21Cl2N3/c1-22(2)15-5-3-12(4-6-15)10-23-11-13-7-14(19)8-16(20)18(13)17(23)9-21/h3-8,17H,9-11,21H2,1-2H3. The van der Waals surface area contributed by atoms with Gasteiger partial charge < -0.3 is 10.6 Å². The summed E-state index contributed by atoms with van der Waals surface area (Å²) in [5, 5.41) is 1.40. The van der Waals surface area contributed by atoms with Crippen LogP contribution in [0.5, 0.6) is 0 Å². The molecule has 2 aromatic carbocycles. The second-order valence-electron chi connectivity index (χ2n) is 6.18. The maximum absolute atomic E-state index is 6.40. The lowest BCUT2D eigenvalue weighted by Gasteiger charge is -2.24. The molecule has 0 aromatic heterocycles. The number of rotatable bonds is 4. The van der Waals surface area contributed by atoms with Crippen LogP contribution in [-0.2, 0) is 13.1 Å². The highest BCUT2D eigenvalue weighted by atomic mass is 35.5. The van der Waals surface area contributed by atoms with E-state index in [2.05, 4.69) is 34.1 Å². The summed E-state index contributed by atoms with van der Waals surface area (Å²) >= 11 is 12.5. The quantitative estimate of drug-likeness (QED) is 0.902. The summed E-state index contributed by atoms with van der Waals surface area (Å²) in [4.78, 5) is 4.46. The van der Waals surface area contributed by atoms with E-state index >= 15 is 0 Å². The van der Waals surface area contributed by atoms with Gasteiger partial charge in [-0.15, -0.1) is 0 Å². The van der Waals surface area contributed by atoms with E-state index in [1.807, 2.05) is 20.2 Å². The number of nitrogens with zero attached hydrogens (tertiary/aromatic N) is 2. The summed E-state index contributed by atoms with van der Waals surface area (Å²) in [7, 11) is 4.09. The Balaban J connectivity index is 1.83. The highest BCUT2D eigenvalue weighted by Crippen LogP contribution is 2.40. The van der Waals surface area contributed by atoms with Gasteiger partial charge in [-0.25, -0.2) is 0 Å². The lowest BCUT2D eigenvalue weighted by Crippen LogP contribution is -2.27. The van der Waals surface area contributed by atoms with Gasteiger partial charge in [-0.05, 0) is 41.0 Å². The highest BCUT2D eigenvalue weighted by molar-refractivity contribution is 6.35. The number of benzene rings is 2. The summed E-state index contributed by atoms with van der Waals surface area (Å²) in [6.45, 7) is 2.22. The molecule has 1 unspecified atom stereocenters. The largest absolute Gasteiger partial charge is 0.378 e. The zero-order valence-electron chi connectivity index (χ0n) is 13.4. The smallest absolute Gasteiger partial charge is 0.0495 e. The fourth-order valence-electron chi connectivity index (χ4n) is 3.22. The lowest BCUT2D eigenvalue weighted by molar-refractivity contribution is 0.211. The zero-order valence-corrected chi connectivity index (χ0v) is 14.9. The first-order valence-corrected chi connectivity index (χ1v) is 8.43. The second-order valence-corrected chi connectivity index (χ2v) is 7.02. The van der Waals surface area contributed by atoms with Gasteiger partial charge in [0.15, 0.2) is 0 Å². The van der Waals surface area contributed by atoms with E-state index in [0.717, 1.165) is 18.7 Å². The zero-order chi connectivity index (χ0) is 16.6. The number of anilines is 1. The maximum atomic E-state index is 6.40. The molecule has 0 bridgehead atoms. The van der Waals surface area contributed by atoms with Crippen molar-refractivity contribution in [1.82, 2.24) is 4.90 Å². The lowest BCUT2D eigenvalue weighted by atomic mass is 10.0. The Hall–Kier alpha value is -1.26. The Bertz CT molecular complexity index is 698.